The standard InChI is InChI=1S/C18H24.C11H18NP.C2H6/c1-4-8-14(3)13-16-12-11-15(5-2)17-9-6-7-10-18(16)17;1-3-4-11(13)9-5-8(2)6-10(12)7-9;1-2/h6-7,9-12,14H,4-5,8,13H2,1-3H3;5-7,11H,3-4,12-13H2,1-2H3;1-2H3. The maximum atomic E-state index is 5.78. The Morgan fingerprint density at radius 2 is 1.39 bits per heavy atom. The third-order valence-electron chi connectivity index (χ3n) is 5.99. The van der Waals surface area contributed by atoms with Gasteiger partial charge >= 0.3 is 0 Å². The Morgan fingerprint density at radius 1 is 0.818 bits per heavy atom. The van der Waals surface area contributed by atoms with Crippen molar-refractivity contribution in [3.05, 3.63) is 76.9 Å². The summed E-state index contributed by atoms with van der Waals surface area (Å²) in [7, 11) is 2.88. The van der Waals surface area contributed by atoms with Gasteiger partial charge in [-0.15, -0.1) is 9.24 Å². The number of fused-ring (bicyclic) bond motifs is 1. The lowest BCUT2D eigenvalue weighted by molar-refractivity contribution is 0.524. The van der Waals surface area contributed by atoms with Gasteiger partial charge in [-0.2, -0.15) is 0 Å². The molecular formula is C31H48NP. The molecule has 182 valence electrons. The molecule has 0 heterocycles. The predicted molar refractivity (Wildman–Crippen MR) is 155 cm³/mol. The lowest BCUT2D eigenvalue weighted by Gasteiger charge is -2.14. The van der Waals surface area contributed by atoms with Crippen LogP contribution in [0.2, 0.25) is 0 Å². The average molecular weight is 466 g/mol. The first-order valence-electron chi connectivity index (χ1n) is 13.0. The highest BCUT2D eigenvalue weighted by Crippen LogP contribution is 2.30. The number of nitrogen functional groups attached to an aromatic ring is 1. The number of aryl methyl sites for hydroxylation is 2. The first-order valence-corrected chi connectivity index (χ1v) is 13.7. The molecule has 0 aliphatic rings. The smallest absolute Gasteiger partial charge is 0.0319 e. The Hall–Kier alpha value is -1.85. The molecule has 0 saturated carbocycles. The number of anilines is 1. The summed E-state index contributed by atoms with van der Waals surface area (Å²) in [6, 6.07) is 19.8. The molecule has 0 fully saturated rings. The van der Waals surface area contributed by atoms with Crippen molar-refractivity contribution in [2.45, 2.75) is 92.7 Å². The second kappa shape index (κ2) is 15.9. The van der Waals surface area contributed by atoms with Crippen LogP contribution in [0, 0.1) is 12.8 Å². The van der Waals surface area contributed by atoms with Crippen LogP contribution in [0.25, 0.3) is 10.8 Å². The van der Waals surface area contributed by atoms with Crippen LogP contribution >= 0.6 is 9.24 Å². The van der Waals surface area contributed by atoms with Gasteiger partial charge in [0.05, 0.1) is 0 Å². The third-order valence-corrected chi connectivity index (χ3v) is 6.70. The number of hydrogen-bond acceptors (Lipinski definition) is 1. The van der Waals surface area contributed by atoms with E-state index in [0.29, 0.717) is 5.66 Å². The molecule has 0 aromatic heterocycles. The van der Waals surface area contributed by atoms with Crippen LogP contribution < -0.4 is 5.73 Å². The average Bonchev–Trinajstić information content (AvgIpc) is 2.81. The SMILES string of the molecule is CC.CCCC(C)Cc1ccc(CC)c2ccccc12.CCCC(P)c1cc(C)cc(N)c1. The maximum Gasteiger partial charge on any atom is 0.0319 e. The van der Waals surface area contributed by atoms with E-state index in [0.717, 1.165) is 18.0 Å². The Morgan fingerprint density at radius 3 is 1.94 bits per heavy atom. The van der Waals surface area contributed by atoms with Crippen LogP contribution in [-0.4, -0.2) is 0 Å². The summed E-state index contributed by atoms with van der Waals surface area (Å²) in [6.07, 6.45) is 7.34. The van der Waals surface area contributed by atoms with Crippen LogP contribution in [0.15, 0.2) is 54.6 Å². The van der Waals surface area contributed by atoms with E-state index in [-0.39, 0.29) is 0 Å². The zero-order chi connectivity index (χ0) is 24.8. The second-order valence-corrected chi connectivity index (χ2v) is 9.76. The van der Waals surface area contributed by atoms with Crippen molar-refractivity contribution >= 4 is 25.7 Å². The largest absolute Gasteiger partial charge is 0.399 e. The topological polar surface area (TPSA) is 26.0 Å². The summed E-state index contributed by atoms with van der Waals surface area (Å²) in [5.74, 6) is 0.783. The van der Waals surface area contributed by atoms with Crippen LogP contribution in [0.4, 0.5) is 5.69 Å². The molecule has 0 aliphatic carbocycles. The normalized spacial score (nSPS) is 12.2. The van der Waals surface area contributed by atoms with E-state index >= 15 is 0 Å². The van der Waals surface area contributed by atoms with Crippen LogP contribution in [0.3, 0.4) is 0 Å². The molecule has 0 amide bonds. The lowest BCUT2D eigenvalue weighted by Crippen LogP contribution is -2.00. The van der Waals surface area contributed by atoms with E-state index in [1.807, 2.05) is 19.9 Å². The number of hydrogen-bond donors (Lipinski definition) is 1. The van der Waals surface area contributed by atoms with Gasteiger partial charge in [0.25, 0.3) is 0 Å². The Bertz CT molecular complexity index is 927. The summed E-state index contributed by atoms with van der Waals surface area (Å²) in [6.45, 7) is 15.2. The minimum Gasteiger partial charge on any atom is -0.399 e. The van der Waals surface area contributed by atoms with E-state index < -0.39 is 0 Å². The molecule has 33 heavy (non-hydrogen) atoms. The molecule has 0 spiro atoms. The van der Waals surface area contributed by atoms with Crippen molar-refractivity contribution < 1.29 is 0 Å². The lowest BCUT2D eigenvalue weighted by atomic mass is 9.91. The summed E-state index contributed by atoms with van der Waals surface area (Å²) in [4.78, 5) is 0. The van der Waals surface area contributed by atoms with Gasteiger partial charge in [0.15, 0.2) is 0 Å². The fourth-order valence-electron chi connectivity index (χ4n) is 4.42. The van der Waals surface area contributed by atoms with Gasteiger partial charge in [-0.3, -0.25) is 0 Å². The number of benzene rings is 3. The Labute approximate surface area is 206 Å². The van der Waals surface area contributed by atoms with E-state index in [1.54, 1.807) is 0 Å². The van der Waals surface area contributed by atoms with Crippen molar-refractivity contribution in [2.75, 3.05) is 5.73 Å². The first kappa shape index (κ1) is 29.2. The van der Waals surface area contributed by atoms with Gasteiger partial charge in [0.2, 0.25) is 0 Å². The fourth-order valence-corrected chi connectivity index (χ4v) is 4.94. The molecule has 3 aromatic carbocycles. The van der Waals surface area contributed by atoms with Crippen LogP contribution in [0.1, 0.15) is 95.1 Å². The zero-order valence-corrected chi connectivity index (χ0v) is 23.4. The third kappa shape index (κ3) is 9.50. The van der Waals surface area contributed by atoms with Crippen LogP contribution in [-0.2, 0) is 12.8 Å². The van der Waals surface area contributed by atoms with E-state index in [4.69, 9.17) is 5.73 Å². The fraction of sp³-hybridized carbons (Fsp3) is 0.484. The quantitative estimate of drug-likeness (QED) is 0.260. The zero-order valence-electron chi connectivity index (χ0n) is 22.2. The Kier molecular flexibility index (Phi) is 14.1. The molecule has 0 saturated heterocycles. The van der Waals surface area contributed by atoms with E-state index in [1.165, 1.54) is 65.1 Å². The van der Waals surface area contributed by atoms with Gasteiger partial charge in [-0.1, -0.05) is 103 Å². The minimum atomic E-state index is 0.548. The summed E-state index contributed by atoms with van der Waals surface area (Å²) >= 11 is 0. The van der Waals surface area contributed by atoms with E-state index in [2.05, 4.69) is 92.4 Å². The second-order valence-electron chi connectivity index (χ2n) is 8.95. The van der Waals surface area contributed by atoms with Crippen molar-refractivity contribution in [1.82, 2.24) is 0 Å². The molecule has 0 bridgehead atoms. The van der Waals surface area contributed by atoms with Gasteiger partial charge in [0, 0.05) is 5.69 Å². The molecule has 3 rings (SSSR count). The highest BCUT2D eigenvalue weighted by Gasteiger charge is 2.08. The van der Waals surface area contributed by atoms with Crippen LogP contribution in [0.5, 0.6) is 0 Å². The van der Waals surface area contributed by atoms with Crippen molar-refractivity contribution in [3.8, 4) is 0 Å². The molecule has 1 nitrogen and oxygen atoms in total. The van der Waals surface area contributed by atoms with Gasteiger partial charge < -0.3 is 5.73 Å². The monoisotopic (exact) mass is 465 g/mol. The number of rotatable bonds is 8. The molecule has 3 aromatic rings. The minimum absolute atomic E-state index is 0.548. The molecule has 3 atom stereocenters. The highest BCUT2D eigenvalue weighted by atomic mass is 31.0. The Balaban J connectivity index is 0.000000322. The van der Waals surface area contributed by atoms with E-state index in [9.17, 15) is 0 Å². The molecule has 3 unspecified atom stereocenters. The molecule has 2 N–H and O–H groups in total. The van der Waals surface area contributed by atoms with Gasteiger partial charge in [0.1, 0.15) is 0 Å². The summed E-state index contributed by atoms with van der Waals surface area (Å²) < 4.78 is 0. The summed E-state index contributed by atoms with van der Waals surface area (Å²) in [5, 5.41) is 2.90. The van der Waals surface area contributed by atoms with Gasteiger partial charge in [-0.05, 0) is 82.9 Å². The van der Waals surface area contributed by atoms with Crippen molar-refractivity contribution in [1.29, 1.82) is 0 Å². The van der Waals surface area contributed by atoms with Gasteiger partial charge in [-0.25, -0.2) is 0 Å². The molecule has 0 radical (unpaired) electrons. The highest BCUT2D eigenvalue weighted by molar-refractivity contribution is 7.17. The maximum absolute atomic E-state index is 5.78. The molecule has 0 aliphatic heterocycles. The van der Waals surface area contributed by atoms with Crippen molar-refractivity contribution in [2.24, 2.45) is 5.92 Å². The predicted octanol–water partition coefficient (Wildman–Crippen LogP) is 9.70. The molecular weight excluding hydrogens is 417 g/mol. The molecule has 2 heteroatoms. The summed E-state index contributed by atoms with van der Waals surface area (Å²) in [5.41, 5.74) is 12.8. The van der Waals surface area contributed by atoms with Crippen molar-refractivity contribution in [3.63, 3.8) is 0 Å². The first-order chi connectivity index (χ1) is 15.9. The number of nitrogens with two attached hydrogens (primary N) is 1.